The zero-order chi connectivity index (χ0) is 36.1. The molecule has 2 N–H and O–H groups in total. The Labute approximate surface area is 305 Å². The van der Waals surface area contributed by atoms with Crippen LogP contribution >= 0.6 is 22.9 Å². The number of fused-ring (bicyclic) bond motifs is 3. The lowest BCUT2D eigenvalue weighted by molar-refractivity contribution is -0.126. The Hall–Kier alpha value is -4.97. The zero-order valence-corrected chi connectivity index (χ0v) is 29.4. The summed E-state index contributed by atoms with van der Waals surface area (Å²) in [4.78, 5) is 32.3. The van der Waals surface area contributed by atoms with E-state index in [4.69, 9.17) is 27.1 Å². The Kier molecular flexibility index (Phi) is 8.89. The number of anilines is 2. The summed E-state index contributed by atoms with van der Waals surface area (Å²) >= 11 is 7.75. The van der Waals surface area contributed by atoms with Gasteiger partial charge in [0.1, 0.15) is 41.0 Å². The number of carbonyl (C=O) groups is 1. The van der Waals surface area contributed by atoms with Gasteiger partial charge in [-0.05, 0) is 55.3 Å². The molecule has 1 amide bonds. The predicted molar refractivity (Wildman–Crippen MR) is 195 cm³/mol. The Bertz CT molecular complexity index is 2290. The normalized spacial score (nSPS) is 20.6. The average molecular weight is 745 g/mol. The van der Waals surface area contributed by atoms with Gasteiger partial charge in [0.05, 0.1) is 26.5 Å². The van der Waals surface area contributed by atoms with Crippen LogP contribution in [0, 0.1) is 23.0 Å². The highest BCUT2D eigenvalue weighted by Gasteiger charge is 2.49. The number of thiophene rings is 1. The van der Waals surface area contributed by atoms with Gasteiger partial charge >= 0.3 is 6.01 Å². The van der Waals surface area contributed by atoms with Gasteiger partial charge in [-0.1, -0.05) is 23.7 Å². The number of halogens is 4. The van der Waals surface area contributed by atoms with E-state index in [1.807, 2.05) is 17.0 Å². The van der Waals surface area contributed by atoms with Crippen molar-refractivity contribution in [1.82, 2.24) is 24.8 Å². The van der Waals surface area contributed by atoms with Crippen LogP contribution in [0.3, 0.4) is 0 Å². The van der Waals surface area contributed by atoms with Crippen LogP contribution in [0.25, 0.3) is 38.2 Å². The van der Waals surface area contributed by atoms with Crippen LogP contribution in [0.5, 0.6) is 6.01 Å². The first kappa shape index (κ1) is 34.1. The van der Waals surface area contributed by atoms with Crippen LogP contribution in [0.4, 0.5) is 24.0 Å². The van der Waals surface area contributed by atoms with Crippen LogP contribution in [0.1, 0.15) is 30.5 Å². The number of nitrogens with zero attached hydrogens (tertiary/aromatic N) is 7. The number of ether oxygens (including phenoxy) is 1. The third-order valence-electron chi connectivity index (χ3n) is 10.2. The summed E-state index contributed by atoms with van der Waals surface area (Å²) in [5.74, 6) is -1.21. The summed E-state index contributed by atoms with van der Waals surface area (Å²) in [5.41, 5.74) is 6.30. The average Bonchev–Trinajstić information content (AvgIpc) is 3.80. The van der Waals surface area contributed by atoms with E-state index < -0.39 is 23.3 Å². The number of nitriles is 1. The first-order valence-corrected chi connectivity index (χ1v) is 18.1. The van der Waals surface area contributed by atoms with Crippen molar-refractivity contribution in [3.8, 4) is 23.2 Å². The molecule has 5 aromatic rings. The lowest BCUT2D eigenvalue weighted by Crippen LogP contribution is -2.48. The molecule has 0 bridgehead atoms. The molecule has 52 heavy (non-hydrogen) atoms. The van der Waals surface area contributed by atoms with Gasteiger partial charge in [0, 0.05) is 67.8 Å². The number of piperazine rings is 1. The Morgan fingerprint density at radius 1 is 1.17 bits per heavy atom. The molecule has 3 aromatic heterocycles. The molecular weight excluding hydrogens is 713 g/mol. The van der Waals surface area contributed by atoms with Crippen LogP contribution in [0.2, 0.25) is 5.02 Å². The van der Waals surface area contributed by atoms with E-state index in [-0.39, 0.29) is 60.8 Å². The van der Waals surface area contributed by atoms with Gasteiger partial charge in [0.2, 0.25) is 5.91 Å². The van der Waals surface area contributed by atoms with Crippen molar-refractivity contribution in [2.24, 2.45) is 0 Å². The molecule has 0 spiro atoms. The van der Waals surface area contributed by atoms with Crippen molar-refractivity contribution in [2.45, 2.75) is 31.0 Å². The molecule has 8 rings (SSSR count). The number of hydrogen-bond donors (Lipinski definition) is 1. The molecule has 2 atom stereocenters. The highest BCUT2D eigenvalue weighted by molar-refractivity contribution is 7.23. The van der Waals surface area contributed by atoms with Crippen LogP contribution in [-0.2, 0) is 4.79 Å². The maximum atomic E-state index is 17.0. The molecule has 10 nitrogen and oxygen atoms in total. The molecule has 0 aliphatic carbocycles. The number of pyridine rings is 1. The summed E-state index contributed by atoms with van der Waals surface area (Å²) < 4.78 is 52.9. The molecule has 0 radical (unpaired) electrons. The monoisotopic (exact) mass is 744 g/mol. The van der Waals surface area contributed by atoms with Gasteiger partial charge in [-0.2, -0.15) is 15.2 Å². The smallest absolute Gasteiger partial charge is 0.319 e. The van der Waals surface area contributed by atoms with Crippen molar-refractivity contribution in [3.63, 3.8) is 0 Å². The van der Waals surface area contributed by atoms with Crippen LogP contribution in [-0.4, -0.2) is 88.2 Å². The van der Waals surface area contributed by atoms with Gasteiger partial charge in [0.25, 0.3) is 0 Å². The standard InChI is InChI=1S/C37H32ClF3N8O2S/c38-26-16-24-32(31(41)30(26)23-6-7-27(40)33-29(23)25(18-42)34(43)52-33)45-36(51-20-37-9-3-11-49(37)19-21(39)17-37)46-35(24)48-14-12-47(13-15-48)28(50)8-5-22-4-1-2-10-44-22/h1-2,4-8,10,16,21H,3,9,11-15,17,19-20,43H2/b8-5+/t21-,37+/m1/s1. The minimum absolute atomic E-state index is 0.000935. The van der Waals surface area contributed by atoms with E-state index in [0.29, 0.717) is 56.0 Å². The maximum Gasteiger partial charge on any atom is 0.319 e. The molecule has 3 aliphatic rings. The molecule has 6 heterocycles. The number of aromatic nitrogens is 3. The molecule has 0 saturated carbocycles. The molecule has 3 saturated heterocycles. The van der Waals surface area contributed by atoms with E-state index >= 15 is 4.39 Å². The first-order valence-electron chi connectivity index (χ1n) is 16.9. The van der Waals surface area contributed by atoms with Crippen molar-refractivity contribution >= 4 is 66.7 Å². The predicted octanol–water partition coefficient (Wildman–Crippen LogP) is 6.61. The first-order chi connectivity index (χ1) is 25.2. The van der Waals surface area contributed by atoms with E-state index in [1.165, 1.54) is 18.2 Å². The fraction of sp³-hybridized carbons (Fsp3) is 0.324. The second-order valence-electron chi connectivity index (χ2n) is 13.3. The van der Waals surface area contributed by atoms with Gasteiger partial charge in [-0.25, -0.2) is 13.2 Å². The molecule has 2 aromatic carbocycles. The third-order valence-corrected chi connectivity index (χ3v) is 11.6. The van der Waals surface area contributed by atoms with E-state index in [2.05, 4.69) is 14.9 Å². The molecule has 3 fully saturated rings. The van der Waals surface area contributed by atoms with Gasteiger partial charge < -0.3 is 20.3 Å². The van der Waals surface area contributed by atoms with Gasteiger partial charge in [-0.3, -0.25) is 14.7 Å². The Balaban J connectivity index is 1.18. The largest absolute Gasteiger partial charge is 0.461 e. The number of nitrogens with two attached hydrogens (primary N) is 1. The fourth-order valence-corrected chi connectivity index (χ4v) is 8.99. The van der Waals surface area contributed by atoms with E-state index in [1.54, 1.807) is 35.4 Å². The minimum atomic E-state index is -0.964. The minimum Gasteiger partial charge on any atom is -0.461 e. The number of benzene rings is 2. The van der Waals surface area contributed by atoms with E-state index in [9.17, 15) is 18.8 Å². The zero-order valence-electron chi connectivity index (χ0n) is 27.8. The quantitative estimate of drug-likeness (QED) is 0.183. The molecular formula is C37H32ClF3N8O2S. The lowest BCUT2D eigenvalue weighted by Gasteiger charge is -2.35. The number of alkyl halides is 1. The van der Waals surface area contributed by atoms with Crippen molar-refractivity contribution < 1.29 is 22.7 Å². The highest BCUT2D eigenvalue weighted by atomic mass is 35.5. The summed E-state index contributed by atoms with van der Waals surface area (Å²) in [6, 6.07) is 11.5. The van der Waals surface area contributed by atoms with Gasteiger partial charge in [-0.15, -0.1) is 11.3 Å². The highest BCUT2D eigenvalue weighted by Crippen LogP contribution is 2.46. The second-order valence-corrected chi connectivity index (χ2v) is 14.7. The number of hydrogen-bond acceptors (Lipinski definition) is 10. The fourth-order valence-electron chi connectivity index (χ4n) is 7.74. The van der Waals surface area contributed by atoms with Crippen LogP contribution < -0.4 is 15.4 Å². The maximum absolute atomic E-state index is 17.0. The summed E-state index contributed by atoms with van der Waals surface area (Å²) in [7, 11) is 0. The third kappa shape index (κ3) is 5.96. The van der Waals surface area contributed by atoms with Crippen molar-refractivity contribution in [1.29, 1.82) is 5.26 Å². The number of carbonyl (C=O) groups excluding carboxylic acids is 1. The number of amides is 1. The SMILES string of the molecule is N#Cc1c(N)sc2c(F)ccc(-c3c(Cl)cc4c(N5CCN(C(=O)/C=C/c6ccccn6)CC5)nc(OC[C@@]56CCCN5C[C@H](F)C6)nc4c3F)c12. The molecule has 3 aliphatic heterocycles. The summed E-state index contributed by atoms with van der Waals surface area (Å²) in [6.45, 7) is 2.71. The second kappa shape index (κ2) is 13.5. The summed E-state index contributed by atoms with van der Waals surface area (Å²) in [5, 5.41) is 10.5. The number of nitrogen functional groups attached to an aromatic ring is 1. The Morgan fingerprint density at radius 2 is 2.00 bits per heavy atom. The number of rotatable bonds is 7. The molecule has 266 valence electrons. The van der Waals surface area contributed by atoms with E-state index in [0.717, 1.165) is 30.7 Å². The molecule has 15 heteroatoms. The van der Waals surface area contributed by atoms with Crippen molar-refractivity contribution in [2.75, 3.05) is 56.5 Å². The topological polar surface area (TPSA) is 125 Å². The van der Waals surface area contributed by atoms with Crippen molar-refractivity contribution in [3.05, 3.63) is 76.6 Å². The van der Waals surface area contributed by atoms with Gasteiger partial charge in [0.15, 0.2) is 5.82 Å². The Morgan fingerprint density at radius 3 is 2.77 bits per heavy atom. The lowest BCUT2D eigenvalue weighted by atomic mass is 9.95. The van der Waals surface area contributed by atoms with Crippen LogP contribution in [0.15, 0.2) is 48.7 Å². The molecule has 0 unspecified atom stereocenters. The summed E-state index contributed by atoms with van der Waals surface area (Å²) in [6.07, 6.45) is 5.85.